The van der Waals surface area contributed by atoms with Gasteiger partial charge in [-0.3, -0.25) is 9.59 Å². The minimum atomic E-state index is -0.629. The standard InChI is InChI=1S/C25H33N5O3/c1-2-9-22(24(32)27-20-12-8-13-21(18-20)30-16-6-7-17-30)29-23(31)14-15-26-25(33)28-19-10-4-3-5-11-19/h3-5,8,10-13,18,22H,2,6-7,9,14-17H2,1H3,(H,27,32)(H,29,31)(H2,26,28,33). The fraction of sp³-hybridized carbons (Fsp3) is 0.400. The number of anilines is 3. The number of benzene rings is 2. The molecule has 2 aromatic rings. The number of carbonyl (C=O) groups excluding carboxylic acids is 3. The molecule has 8 nitrogen and oxygen atoms in total. The van der Waals surface area contributed by atoms with Gasteiger partial charge in [0.05, 0.1) is 0 Å². The van der Waals surface area contributed by atoms with Gasteiger partial charge in [0.15, 0.2) is 0 Å². The molecule has 8 heteroatoms. The maximum absolute atomic E-state index is 12.8. The summed E-state index contributed by atoms with van der Waals surface area (Å²) in [6, 6.07) is 15.9. The van der Waals surface area contributed by atoms with Crippen molar-refractivity contribution in [3.8, 4) is 0 Å². The van der Waals surface area contributed by atoms with E-state index in [1.165, 1.54) is 12.8 Å². The van der Waals surface area contributed by atoms with Crippen molar-refractivity contribution in [2.45, 2.75) is 45.1 Å². The third-order valence-electron chi connectivity index (χ3n) is 5.48. The fourth-order valence-corrected chi connectivity index (χ4v) is 3.80. The number of hydrogen-bond acceptors (Lipinski definition) is 4. The van der Waals surface area contributed by atoms with Crippen LogP contribution in [0, 0.1) is 0 Å². The van der Waals surface area contributed by atoms with Crippen LogP contribution in [0.25, 0.3) is 0 Å². The molecular weight excluding hydrogens is 418 g/mol. The topological polar surface area (TPSA) is 103 Å². The van der Waals surface area contributed by atoms with Crippen molar-refractivity contribution in [2.75, 3.05) is 35.2 Å². The summed E-state index contributed by atoms with van der Waals surface area (Å²) in [5, 5.41) is 11.1. The number of nitrogens with one attached hydrogen (secondary N) is 4. The van der Waals surface area contributed by atoms with Crippen molar-refractivity contribution in [3.63, 3.8) is 0 Å². The van der Waals surface area contributed by atoms with E-state index in [1.807, 2.05) is 49.4 Å². The fourth-order valence-electron chi connectivity index (χ4n) is 3.80. The van der Waals surface area contributed by atoms with E-state index >= 15 is 0 Å². The highest BCUT2D eigenvalue weighted by Gasteiger charge is 2.20. The molecule has 0 aliphatic carbocycles. The van der Waals surface area contributed by atoms with E-state index in [2.05, 4.69) is 26.2 Å². The van der Waals surface area contributed by atoms with Gasteiger partial charge >= 0.3 is 6.03 Å². The molecule has 1 heterocycles. The average molecular weight is 452 g/mol. The van der Waals surface area contributed by atoms with Gasteiger partial charge in [-0.25, -0.2) is 4.79 Å². The molecule has 1 atom stereocenters. The number of rotatable bonds is 10. The lowest BCUT2D eigenvalue weighted by Gasteiger charge is -2.20. The van der Waals surface area contributed by atoms with Gasteiger partial charge in [-0.2, -0.15) is 0 Å². The Labute approximate surface area is 195 Å². The SMILES string of the molecule is CCCC(NC(=O)CCNC(=O)Nc1ccccc1)C(=O)Nc1cccc(N2CCCC2)c1. The molecule has 1 aliphatic rings. The second kappa shape index (κ2) is 12.5. The summed E-state index contributed by atoms with van der Waals surface area (Å²) in [7, 11) is 0. The molecule has 0 radical (unpaired) electrons. The largest absolute Gasteiger partial charge is 0.371 e. The lowest BCUT2D eigenvalue weighted by atomic mass is 10.1. The summed E-state index contributed by atoms with van der Waals surface area (Å²) in [4.78, 5) is 39.5. The zero-order valence-electron chi connectivity index (χ0n) is 19.1. The van der Waals surface area contributed by atoms with E-state index in [-0.39, 0.29) is 30.8 Å². The molecule has 33 heavy (non-hydrogen) atoms. The maximum atomic E-state index is 12.8. The van der Waals surface area contributed by atoms with Gasteiger partial charge in [-0.05, 0) is 49.6 Å². The predicted molar refractivity (Wildman–Crippen MR) is 131 cm³/mol. The predicted octanol–water partition coefficient (Wildman–Crippen LogP) is 3.72. The Morgan fingerprint density at radius 3 is 2.39 bits per heavy atom. The molecule has 1 saturated heterocycles. The van der Waals surface area contributed by atoms with Crippen molar-refractivity contribution >= 4 is 34.9 Å². The van der Waals surface area contributed by atoms with E-state index in [9.17, 15) is 14.4 Å². The number of carbonyl (C=O) groups is 3. The molecule has 1 unspecified atom stereocenters. The van der Waals surface area contributed by atoms with E-state index in [0.29, 0.717) is 12.1 Å². The Hall–Kier alpha value is -3.55. The van der Waals surface area contributed by atoms with E-state index in [0.717, 1.165) is 30.9 Å². The number of amides is 4. The second-order valence-corrected chi connectivity index (χ2v) is 8.14. The number of nitrogens with zero attached hydrogens (tertiary/aromatic N) is 1. The molecule has 4 amide bonds. The summed E-state index contributed by atoms with van der Waals surface area (Å²) in [5.74, 6) is -0.520. The highest BCUT2D eigenvalue weighted by atomic mass is 16.2. The monoisotopic (exact) mass is 451 g/mol. The number of para-hydroxylation sites is 1. The first-order valence-electron chi connectivity index (χ1n) is 11.6. The average Bonchev–Trinajstić information content (AvgIpc) is 3.35. The Bertz CT molecular complexity index is 929. The van der Waals surface area contributed by atoms with Crippen LogP contribution in [0.15, 0.2) is 54.6 Å². The second-order valence-electron chi connectivity index (χ2n) is 8.14. The van der Waals surface area contributed by atoms with Crippen molar-refractivity contribution in [3.05, 3.63) is 54.6 Å². The summed E-state index contributed by atoms with van der Waals surface area (Å²) in [5.41, 5.74) is 2.49. The smallest absolute Gasteiger partial charge is 0.319 e. The van der Waals surface area contributed by atoms with Gasteiger partial charge in [0.25, 0.3) is 0 Å². The highest BCUT2D eigenvalue weighted by molar-refractivity contribution is 5.97. The first-order valence-corrected chi connectivity index (χ1v) is 11.6. The number of urea groups is 1. The number of hydrogen-bond donors (Lipinski definition) is 4. The summed E-state index contributed by atoms with van der Waals surface area (Å²) >= 11 is 0. The normalized spacial score (nSPS) is 13.8. The first kappa shape index (κ1) is 24.1. The van der Waals surface area contributed by atoms with Gasteiger partial charge in [-0.1, -0.05) is 37.6 Å². The van der Waals surface area contributed by atoms with Crippen molar-refractivity contribution in [1.82, 2.24) is 10.6 Å². The third kappa shape index (κ3) is 7.82. The van der Waals surface area contributed by atoms with Crippen molar-refractivity contribution < 1.29 is 14.4 Å². The zero-order valence-corrected chi connectivity index (χ0v) is 19.1. The lowest BCUT2D eigenvalue weighted by molar-refractivity contribution is -0.126. The molecule has 0 saturated carbocycles. The Balaban J connectivity index is 1.46. The molecule has 0 spiro atoms. The third-order valence-corrected chi connectivity index (χ3v) is 5.48. The molecule has 3 rings (SSSR count). The lowest BCUT2D eigenvalue weighted by Crippen LogP contribution is -2.44. The highest BCUT2D eigenvalue weighted by Crippen LogP contribution is 2.23. The molecule has 4 N–H and O–H groups in total. The molecule has 0 bridgehead atoms. The van der Waals surface area contributed by atoms with Gasteiger partial charge in [0, 0.05) is 43.1 Å². The molecular formula is C25H33N5O3. The van der Waals surface area contributed by atoms with Crippen LogP contribution in [-0.2, 0) is 9.59 Å². The van der Waals surface area contributed by atoms with Crippen LogP contribution in [0.5, 0.6) is 0 Å². The summed E-state index contributed by atoms with van der Waals surface area (Å²) in [6.45, 7) is 4.20. The quantitative estimate of drug-likeness (QED) is 0.442. The van der Waals surface area contributed by atoms with Crippen LogP contribution in [0.3, 0.4) is 0 Å². The Morgan fingerprint density at radius 2 is 1.67 bits per heavy atom. The molecule has 1 aliphatic heterocycles. The van der Waals surface area contributed by atoms with Crippen molar-refractivity contribution in [2.24, 2.45) is 0 Å². The van der Waals surface area contributed by atoms with E-state index in [4.69, 9.17) is 0 Å². The summed E-state index contributed by atoms with van der Waals surface area (Å²) < 4.78 is 0. The van der Waals surface area contributed by atoms with Crippen LogP contribution in [0.4, 0.5) is 21.9 Å². The molecule has 0 aromatic heterocycles. The van der Waals surface area contributed by atoms with Crippen LogP contribution < -0.4 is 26.2 Å². The van der Waals surface area contributed by atoms with Crippen LogP contribution in [0.1, 0.15) is 39.0 Å². The minimum absolute atomic E-state index is 0.0835. The first-order chi connectivity index (χ1) is 16.0. The maximum Gasteiger partial charge on any atom is 0.319 e. The Morgan fingerprint density at radius 1 is 0.939 bits per heavy atom. The van der Waals surface area contributed by atoms with Gasteiger partial charge in [0.1, 0.15) is 6.04 Å². The molecule has 1 fully saturated rings. The van der Waals surface area contributed by atoms with Gasteiger partial charge in [0.2, 0.25) is 11.8 Å². The van der Waals surface area contributed by atoms with Gasteiger partial charge in [-0.15, -0.1) is 0 Å². The van der Waals surface area contributed by atoms with E-state index in [1.54, 1.807) is 12.1 Å². The zero-order chi connectivity index (χ0) is 23.5. The summed E-state index contributed by atoms with van der Waals surface area (Å²) in [6.07, 6.45) is 3.74. The van der Waals surface area contributed by atoms with Crippen LogP contribution >= 0.6 is 0 Å². The molecule has 2 aromatic carbocycles. The van der Waals surface area contributed by atoms with E-state index < -0.39 is 6.04 Å². The Kier molecular flexibility index (Phi) is 9.11. The minimum Gasteiger partial charge on any atom is -0.371 e. The van der Waals surface area contributed by atoms with Crippen molar-refractivity contribution in [1.29, 1.82) is 0 Å². The van der Waals surface area contributed by atoms with Crippen LogP contribution in [0.2, 0.25) is 0 Å². The van der Waals surface area contributed by atoms with Gasteiger partial charge < -0.3 is 26.2 Å². The van der Waals surface area contributed by atoms with Crippen LogP contribution in [-0.4, -0.2) is 43.5 Å². The molecule has 176 valence electrons.